The number of halogens is 1. The molecule has 1 aromatic heterocycles. The molecule has 0 radical (unpaired) electrons. The average molecular weight is 298 g/mol. The second-order valence-corrected chi connectivity index (χ2v) is 8.02. The quantitative estimate of drug-likeness (QED) is 0.809. The fraction of sp³-hybridized carbons (Fsp3) is 0.750. The van der Waals surface area contributed by atoms with Crippen LogP contribution in [0.1, 0.15) is 62.4 Å². The van der Waals surface area contributed by atoms with Gasteiger partial charge in [0.2, 0.25) is 0 Å². The molecule has 2 aliphatic carbocycles. The minimum atomic E-state index is 0.551. The monoisotopic (exact) mass is 297 g/mol. The minimum absolute atomic E-state index is 0.551. The van der Waals surface area contributed by atoms with Gasteiger partial charge in [0, 0.05) is 17.0 Å². The van der Waals surface area contributed by atoms with Gasteiger partial charge in [-0.1, -0.05) is 31.9 Å². The molecule has 1 heterocycles. The molecule has 4 atom stereocenters. The van der Waals surface area contributed by atoms with Crippen molar-refractivity contribution in [2.45, 2.75) is 64.5 Å². The van der Waals surface area contributed by atoms with Crippen molar-refractivity contribution in [2.75, 3.05) is 0 Å². The third kappa shape index (κ3) is 2.72. The summed E-state index contributed by atoms with van der Waals surface area (Å²) in [4.78, 5) is 1.52. The lowest BCUT2D eigenvalue weighted by molar-refractivity contribution is 0.309. The van der Waals surface area contributed by atoms with Crippen LogP contribution in [0, 0.1) is 11.8 Å². The molecule has 4 unspecified atom stereocenters. The summed E-state index contributed by atoms with van der Waals surface area (Å²) < 4.78 is 0.963. The van der Waals surface area contributed by atoms with Gasteiger partial charge in [-0.3, -0.25) is 0 Å². The van der Waals surface area contributed by atoms with Crippen LogP contribution in [0.15, 0.2) is 6.07 Å². The number of thiophene rings is 1. The van der Waals surface area contributed by atoms with Crippen molar-refractivity contribution in [3.8, 4) is 0 Å². The largest absolute Gasteiger partial charge is 0.307 e. The standard InChI is InChI=1S/C16H24ClNS/c1-3-11-7-8-13(10(11)2)18-14-5-4-6-15-12(14)9-16(17)19-15/h9-11,13-14,18H,3-8H2,1-2H3. The van der Waals surface area contributed by atoms with Crippen molar-refractivity contribution < 1.29 is 0 Å². The summed E-state index contributed by atoms with van der Waals surface area (Å²) in [6, 6.07) is 3.46. The van der Waals surface area contributed by atoms with Crippen LogP contribution in [0.5, 0.6) is 0 Å². The highest BCUT2D eigenvalue weighted by Gasteiger charge is 2.34. The van der Waals surface area contributed by atoms with Crippen LogP contribution in [0.25, 0.3) is 0 Å². The van der Waals surface area contributed by atoms with E-state index in [1.165, 1.54) is 49.0 Å². The van der Waals surface area contributed by atoms with Crippen molar-refractivity contribution in [3.05, 3.63) is 20.8 Å². The molecule has 19 heavy (non-hydrogen) atoms. The molecule has 0 aliphatic heterocycles. The maximum absolute atomic E-state index is 6.20. The Labute approximate surface area is 125 Å². The SMILES string of the molecule is CCC1CCC(NC2CCCc3sc(Cl)cc32)C1C. The Morgan fingerprint density at radius 3 is 2.95 bits per heavy atom. The lowest BCUT2D eigenvalue weighted by atomic mass is 9.90. The van der Waals surface area contributed by atoms with E-state index in [2.05, 4.69) is 25.2 Å². The molecule has 0 saturated heterocycles. The van der Waals surface area contributed by atoms with Crippen LogP contribution in [-0.4, -0.2) is 6.04 Å². The molecule has 1 N–H and O–H groups in total. The molecule has 3 heteroatoms. The molecule has 1 fully saturated rings. The van der Waals surface area contributed by atoms with Gasteiger partial charge in [0.15, 0.2) is 0 Å². The Morgan fingerprint density at radius 1 is 1.37 bits per heavy atom. The van der Waals surface area contributed by atoms with Crippen LogP contribution in [-0.2, 0) is 6.42 Å². The number of rotatable bonds is 3. The lowest BCUT2D eigenvalue weighted by Gasteiger charge is -2.30. The predicted molar refractivity (Wildman–Crippen MR) is 84.1 cm³/mol. The molecule has 2 aliphatic rings. The van der Waals surface area contributed by atoms with Gasteiger partial charge in [-0.15, -0.1) is 11.3 Å². The molecule has 106 valence electrons. The number of fused-ring (bicyclic) bond motifs is 1. The fourth-order valence-electron chi connectivity index (χ4n) is 4.01. The lowest BCUT2D eigenvalue weighted by Crippen LogP contribution is -2.36. The van der Waals surface area contributed by atoms with E-state index in [1.807, 2.05) is 0 Å². The maximum atomic E-state index is 6.20. The van der Waals surface area contributed by atoms with Gasteiger partial charge in [-0.25, -0.2) is 0 Å². The molecular weight excluding hydrogens is 274 g/mol. The van der Waals surface area contributed by atoms with Crippen LogP contribution in [0.4, 0.5) is 0 Å². The Balaban J connectivity index is 1.71. The summed E-state index contributed by atoms with van der Waals surface area (Å²) in [5.74, 6) is 1.75. The van der Waals surface area contributed by atoms with Crippen molar-refractivity contribution in [1.29, 1.82) is 0 Å². The Bertz CT molecular complexity index is 442. The highest BCUT2D eigenvalue weighted by molar-refractivity contribution is 7.16. The summed E-state index contributed by atoms with van der Waals surface area (Å²) in [6.07, 6.45) is 7.89. The number of hydrogen-bond acceptors (Lipinski definition) is 2. The van der Waals surface area contributed by atoms with Gasteiger partial charge in [-0.2, -0.15) is 0 Å². The van der Waals surface area contributed by atoms with E-state index in [0.29, 0.717) is 12.1 Å². The Morgan fingerprint density at radius 2 is 2.21 bits per heavy atom. The van der Waals surface area contributed by atoms with E-state index in [9.17, 15) is 0 Å². The Kier molecular flexibility index (Phi) is 4.21. The number of hydrogen-bond donors (Lipinski definition) is 1. The zero-order valence-electron chi connectivity index (χ0n) is 11.9. The molecular formula is C16H24ClNS. The van der Waals surface area contributed by atoms with Crippen LogP contribution in [0.2, 0.25) is 4.34 Å². The highest BCUT2D eigenvalue weighted by Crippen LogP contribution is 2.40. The maximum Gasteiger partial charge on any atom is 0.0934 e. The van der Waals surface area contributed by atoms with E-state index >= 15 is 0 Å². The summed E-state index contributed by atoms with van der Waals surface area (Å²) in [6.45, 7) is 4.77. The van der Waals surface area contributed by atoms with E-state index in [4.69, 9.17) is 11.6 Å². The van der Waals surface area contributed by atoms with Crippen molar-refractivity contribution in [3.63, 3.8) is 0 Å². The van der Waals surface area contributed by atoms with Gasteiger partial charge < -0.3 is 5.32 Å². The molecule has 0 amide bonds. The van der Waals surface area contributed by atoms with Crippen LogP contribution >= 0.6 is 22.9 Å². The van der Waals surface area contributed by atoms with Crippen LogP contribution in [0.3, 0.4) is 0 Å². The van der Waals surface area contributed by atoms with E-state index in [1.54, 1.807) is 11.3 Å². The van der Waals surface area contributed by atoms with Crippen molar-refractivity contribution in [1.82, 2.24) is 5.32 Å². The summed E-state index contributed by atoms with van der Waals surface area (Å²) >= 11 is 7.98. The van der Waals surface area contributed by atoms with E-state index in [-0.39, 0.29) is 0 Å². The van der Waals surface area contributed by atoms with Gasteiger partial charge in [0.1, 0.15) is 0 Å². The summed E-state index contributed by atoms with van der Waals surface area (Å²) in [7, 11) is 0. The first-order valence-corrected chi connectivity index (χ1v) is 8.92. The third-order valence-corrected chi connectivity index (χ3v) is 6.59. The van der Waals surface area contributed by atoms with Gasteiger partial charge in [-0.05, 0) is 55.6 Å². The first kappa shape index (κ1) is 13.9. The second-order valence-electron chi connectivity index (χ2n) is 6.25. The zero-order chi connectivity index (χ0) is 13.4. The topological polar surface area (TPSA) is 12.0 Å². The number of nitrogens with one attached hydrogen (secondary N) is 1. The molecule has 0 bridgehead atoms. The highest BCUT2D eigenvalue weighted by atomic mass is 35.5. The van der Waals surface area contributed by atoms with Gasteiger partial charge in [0.05, 0.1) is 4.34 Å². The van der Waals surface area contributed by atoms with Crippen LogP contribution < -0.4 is 5.32 Å². The minimum Gasteiger partial charge on any atom is -0.307 e. The van der Waals surface area contributed by atoms with E-state index < -0.39 is 0 Å². The van der Waals surface area contributed by atoms with Crippen molar-refractivity contribution in [2.24, 2.45) is 11.8 Å². The van der Waals surface area contributed by atoms with Gasteiger partial charge >= 0.3 is 0 Å². The fourth-order valence-corrected chi connectivity index (χ4v) is 5.40. The van der Waals surface area contributed by atoms with Gasteiger partial charge in [0.25, 0.3) is 0 Å². The normalized spacial score (nSPS) is 34.5. The average Bonchev–Trinajstić information content (AvgIpc) is 2.93. The molecule has 0 aromatic carbocycles. The third-order valence-electron chi connectivity index (χ3n) is 5.25. The summed E-state index contributed by atoms with van der Waals surface area (Å²) in [5, 5.41) is 3.95. The summed E-state index contributed by atoms with van der Waals surface area (Å²) in [5.41, 5.74) is 1.49. The molecule has 1 saturated carbocycles. The molecule has 3 rings (SSSR count). The molecule has 0 spiro atoms. The van der Waals surface area contributed by atoms with Crippen molar-refractivity contribution >= 4 is 22.9 Å². The second kappa shape index (κ2) is 5.75. The first-order chi connectivity index (χ1) is 9.19. The zero-order valence-corrected chi connectivity index (χ0v) is 13.5. The molecule has 1 nitrogen and oxygen atoms in total. The molecule has 1 aromatic rings. The number of aryl methyl sites for hydroxylation is 1. The van der Waals surface area contributed by atoms with E-state index in [0.717, 1.165) is 16.2 Å². The Hall–Kier alpha value is -0.0500. The smallest absolute Gasteiger partial charge is 0.0934 e. The predicted octanol–water partition coefficient (Wildman–Crippen LogP) is 5.19. The first-order valence-electron chi connectivity index (χ1n) is 7.73.